The van der Waals surface area contributed by atoms with Crippen LogP contribution in [0.1, 0.15) is 20.3 Å². The Kier molecular flexibility index (Phi) is 7.44. The molecule has 0 radical (unpaired) electrons. The fourth-order valence-corrected chi connectivity index (χ4v) is 0.979. The summed E-state index contributed by atoms with van der Waals surface area (Å²) in [5.74, 6) is -0.304. The number of carboxylic acids is 1. The van der Waals surface area contributed by atoms with E-state index in [-0.39, 0.29) is 18.4 Å². The van der Waals surface area contributed by atoms with Crippen LogP contribution in [0.25, 0.3) is 0 Å². The van der Waals surface area contributed by atoms with Crippen molar-refractivity contribution in [2.75, 3.05) is 14.1 Å². The average molecular weight is 196 g/mol. The fraction of sp³-hybridized carbons (Fsp3) is 0.875. The van der Waals surface area contributed by atoms with Crippen LogP contribution in [-0.2, 0) is 4.79 Å². The number of carboxylic acid groups (broad SMARTS) is 1. The summed E-state index contributed by atoms with van der Waals surface area (Å²) in [4.78, 5) is 12.4. The van der Waals surface area contributed by atoms with Crippen LogP contribution < -0.4 is 0 Å². The summed E-state index contributed by atoms with van der Waals surface area (Å²) in [5.41, 5.74) is 0. The molecule has 0 saturated carbocycles. The summed E-state index contributed by atoms with van der Waals surface area (Å²) in [6.45, 7) is 4.05. The van der Waals surface area contributed by atoms with Gasteiger partial charge in [0.05, 0.1) is 0 Å². The molecule has 0 aromatic rings. The van der Waals surface area contributed by atoms with Crippen LogP contribution in [0.3, 0.4) is 0 Å². The quantitative estimate of drug-likeness (QED) is 0.739. The SMILES string of the molecule is CC(C)C[C@@H](C(=O)O)N(C)C.Cl. The van der Waals surface area contributed by atoms with Gasteiger partial charge in [-0.2, -0.15) is 0 Å². The summed E-state index contributed by atoms with van der Waals surface area (Å²) >= 11 is 0. The summed E-state index contributed by atoms with van der Waals surface area (Å²) in [6.07, 6.45) is 0.711. The minimum absolute atomic E-state index is 0. The van der Waals surface area contributed by atoms with Gasteiger partial charge < -0.3 is 5.11 Å². The van der Waals surface area contributed by atoms with Gasteiger partial charge in [-0.25, -0.2) is 0 Å². The Labute approximate surface area is 80.2 Å². The van der Waals surface area contributed by atoms with Crippen LogP contribution in [0.4, 0.5) is 0 Å². The van der Waals surface area contributed by atoms with Crippen molar-refractivity contribution >= 4 is 18.4 Å². The van der Waals surface area contributed by atoms with Crippen LogP contribution in [0.2, 0.25) is 0 Å². The van der Waals surface area contributed by atoms with Gasteiger partial charge in [0, 0.05) is 0 Å². The molecule has 0 amide bonds. The zero-order valence-electron chi connectivity index (χ0n) is 8.07. The van der Waals surface area contributed by atoms with Crippen LogP contribution >= 0.6 is 12.4 Å². The smallest absolute Gasteiger partial charge is 0.320 e. The molecule has 12 heavy (non-hydrogen) atoms. The lowest BCUT2D eigenvalue weighted by Crippen LogP contribution is -2.36. The first-order valence-electron chi connectivity index (χ1n) is 3.84. The predicted octanol–water partition coefficient (Wildman–Crippen LogP) is 1.47. The maximum absolute atomic E-state index is 10.6. The molecule has 0 aliphatic heterocycles. The first-order chi connectivity index (χ1) is 4.95. The highest BCUT2D eigenvalue weighted by atomic mass is 35.5. The second kappa shape index (κ2) is 6.26. The Bertz CT molecular complexity index is 137. The molecule has 0 fully saturated rings. The molecule has 0 rings (SSSR count). The molecule has 0 aliphatic rings. The highest BCUT2D eigenvalue weighted by molar-refractivity contribution is 5.85. The molecule has 0 unspecified atom stereocenters. The van der Waals surface area contributed by atoms with E-state index < -0.39 is 5.97 Å². The molecule has 1 N–H and O–H groups in total. The molecule has 0 spiro atoms. The van der Waals surface area contributed by atoms with Gasteiger partial charge in [-0.1, -0.05) is 13.8 Å². The monoisotopic (exact) mass is 195 g/mol. The zero-order chi connectivity index (χ0) is 9.02. The van der Waals surface area contributed by atoms with Gasteiger partial charge in [-0.3, -0.25) is 9.69 Å². The molecule has 0 saturated heterocycles. The van der Waals surface area contributed by atoms with Gasteiger partial charge >= 0.3 is 5.97 Å². The van der Waals surface area contributed by atoms with Crippen molar-refractivity contribution in [3.8, 4) is 0 Å². The fourth-order valence-electron chi connectivity index (χ4n) is 0.979. The van der Waals surface area contributed by atoms with E-state index in [1.807, 2.05) is 13.8 Å². The number of hydrogen-bond donors (Lipinski definition) is 1. The molecule has 0 aromatic carbocycles. The molecule has 0 aromatic heterocycles. The minimum Gasteiger partial charge on any atom is -0.480 e. The number of halogens is 1. The van der Waals surface area contributed by atoms with E-state index in [2.05, 4.69) is 0 Å². The van der Waals surface area contributed by atoms with E-state index in [0.717, 1.165) is 0 Å². The maximum Gasteiger partial charge on any atom is 0.320 e. The van der Waals surface area contributed by atoms with Gasteiger partial charge in [-0.15, -0.1) is 12.4 Å². The lowest BCUT2D eigenvalue weighted by molar-refractivity contribution is -0.142. The van der Waals surface area contributed by atoms with E-state index in [4.69, 9.17) is 5.11 Å². The standard InChI is InChI=1S/C8H17NO2.ClH/c1-6(2)5-7(8(10)11)9(3)4;/h6-7H,5H2,1-4H3,(H,10,11);1H/t7-;/m0./s1. The Balaban J connectivity index is 0. The Hall–Kier alpha value is -0.280. The van der Waals surface area contributed by atoms with Crippen molar-refractivity contribution in [3.05, 3.63) is 0 Å². The van der Waals surface area contributed by atoms with E-state index in [1.54, 1.807) is 19.0 Å². The summed E-state index contributed by atoms with van der Waals surface area (Å²) in [7, 11) is 3.59. The van der Waals surface area contributed by atoms with Crippen molar-refractivity contribution in [1.29, 1.82) is 0 Å². The summed E-state index contributed by atoms with van der Waals surface area (Å²) < 4.78 is 0. The van der Waals surface area contributed by atoms with Crippen molar-refractivity contribution < 1.29 is 9.90 Å². The number of hydrogen-bond acceptors (Lipinski definition) is 2. The van der Waals surface area contributed by atoms with Gasteiger partial charge in [0.2, 0.25) is 0 Å². The van der Waals surface area contributed by atoms with Crippen LogP contribution in [0, 0.1) is 5.92 Å². The van der Waals surface area contributed by atoms with E-state index in [1.165, 1.54) is 0 Å². The number of aliphatic carboxylic acids is 1. The summed E-state index contributed by atoms with van der Waals surface area (Å²) in [6, 6.07) is -0.338. The third-order valence-electron chi connectivity index (χ3n) is 1.60. The van der Waals surface area contributed by atoms with Gasteiger partial charge in [0.25, 0.3) is 0 Å². The van der Waals surface area contributed by atoms with Crippen molar-refractivity contribution in [3.63, 3.8) is 0 Å². The Morgan fingerprint density at radius 2 is 1.83 bits per heavy atom. The van der Waals surface area contributed by atoms with Gasteiger partial charge in [0.15, 0.2) is 0 Å². The molecule has 4 heteroatoms. The molecular weight excluding hydrogens is 178 g/mol. The number of likely N-dealkylation sites (N-methyl/N-ethyl adjacent to an activating group) is 1. The van der Waals surface area contributed by atoms with Gasteiger partial charge in [0.1, 0.15) is 6.04 Å². The molecule has 74 valence electrons. The highest BCUT2D eigenvalue weighted by Gasteiger charge is 2.20. The third kappa shape index (κ3) is 5.38. The molecule has 0 heterocycles. The largest absolute Gasteiger partial charge is 0.480 e. The maximum atomic E-state index is 10.6. The van der Waals surface area contributed by atoms with Crippen molar-refractivity contribution in [2.45, 2.75) is 26.3 Å². The molecule has 0 aliphatic carbocycles. The zero-order valence-corrected chi connectivity index (χ0v) is 8.89. The Morgan fingerprint density at radius 3 is 1.92 bits per heavy atom. The summed E-state index contributed by atoms with van der Waals surface area (Å²) in [5, 5.41) is 8.75. The topological polar surface area (TPSA) is 40.5 Å². The normalized spacial score (nSPS) is 12.8. The molecule has 0 bridgehead atoms. The van der Waals surface area contributed by atoms with Crippen LogP contribution in [0.5, 0.6) is 0 Å². The van der Waals surface area contributed by atoms with Gasteiger partial charge in [-0.05, 0) is 26.4 Å². The second-order valence-corrected chi connectivity index (χ2v) is 3.45. The first kappa shape index (κ1) is 14.3. The van der Waals surface area contributed by atoms with Crippen molar-refractivity contribution in [1.82, 2.24) is 4.90 Å². The third-order valence-corrected chi connectivity index (χ3v) is 1.60. The highest BCUT2D eigenvalue weighted by Crippen LogP contribution is 2.08. The minimum atomic E-state index is -0.733. The Morgan fingerprint density at radius 1 is 1.42 bits per heavy atom. The molecular formula is C8H18ClNO2. The van der Waals surface area contributed by atoms with Crippen LogP contribution in [-0.4, -0.2) is 36.1 Å². The van der Waals surface area contributed by atoms with Crippen molar-refractivity contribution in [2.24, 2.45) is 5.92 Å². The first-order valence-corrected chi connectivity index (χ1v) is 3.84. The predicted molar refractivity (Wildman–Crippen MR) is 51.8 cm³/mol. The van der Waals surface area contributed by atoms with Crippen LogP contribution in [0.15, 0.2) is 0 Å². The van der Waals surface area contributed by atoms with E-state index in [0.29, 0.717) is 12.3 Å². The number of carbonyl (C=O) groups is 1. The second-order valence-electron chi connectivity index (χ2n) is 3.45. The van der Waals surface area contributed by atoms with E-state index >= 15 is 0 Å². The molecule has 3 nitrogen and oxygen atoms in total. The lowest BCUT2D eigenvalue weighted by atomic mass is 10.0. The molecule has 1 atom stereocenters. The lowest BCUT2D eigenvalue weighted by Gasteiger charge is -2.21. The van der Waals surface area contributed by atoms with E-state index in [9.17, 15) is 4.79 Å². The number of nitrogens with zero attached hydrogens (tertiary/aromatic N) is 1. The average Bonchev–Trinajstić information content (AvgIpc) is 1.81. The number of rotatable bonds is 4.